The Morgan fingerprint density at radius 1 is 0.361 bits per heavy atom. The number of ether oxygens (including phenoxy) is 2. The normalized spacial score (nSPS) is 12.4. The molecule has 0 saturated heterocycles. The highest BCUT2D eigenvalue weighted by atomic mass is 28.3. The Labute approximate surface area is 356 Å². The van der Waals surface area contributed by atoms with Crippen LogP contribution in [0.2, 0.25) is 0 Å². The van der Waals surface area contributed by atoms with Crippen LogP contribution in [0.4, 0.5) is 34.1 Å². The van der Waals surface area contributed by atoms with E-state index in [0.29, 0.717) is 5.56 Å². The van der Waals surface area contributed by atoms with E-state index in [1.165, 1.54) is 20.7 Å². The van der Waals surface area contributed by atoms with Gasteiger partial charge >= 0.3 is 0 Å². The minimum absolute atomic E-state index is 0.609. The van der Waals surface area contributed by atoms with Gasteiger partial charge in [-0.25, -0.2) is 0 Å². The molecule has 0 aliphatic carbocycles. The maximum Gasteiger partial charge on any atom is 0.180 e. The van der Waals surface area contributed by atoms with Crippen molar-refractivity contribution in [1.82, 2.24) is 0 Å². The second kappa shape index (κ2) is 14.9. The predicted molar refractivity (Wildman–Crippen MR) is 250 cm³/mol. The average molecular weight is 800 g/mol. The molecule has 6 heteroatoms. The van der Waals surface area contributed by atoms with Crippen LogP contribution in [0, 0.1) is 11.3 Å². The van der Waals surface area contributed by atoms with Gasteiger partial charge < -0.3 is 19.3 Å². The Morgan fingerprint density at radius 3 is 1.08 bits per heavy atom. The van der Waals surface area contributed by atoms with E-state index in [-0.39, 0.29) is 0 Å². The molecule has 0 bridgehead atoms. The highest BCUT2D eigenvalue weighted by molar-refractivity contribution is 7.20. The van der Waals surface area contributed by atoms with Gasteiger partial charge in [0.2, 0.25) is 0 Å². The Morgan fingerprint density at radius 2 is 0.705 bits per heavy atom. The molecule has 2 heterocycles. The number of anilines is 6. The van der Waals surface area contributed by atoms with Crippen LogP contribution in [0.25, 0.3) is 11.1 Å². The summed E-state index contributed by atoms with van der Waals surface area (Å²) in [6.45, 7) is 0. The van der Waals surface area contributed by atoms with Crippen molar-refractivity contribution in [2.75, 3.05) is 9.80 Å². The van der Waals surface area contributed by atoms with Crippen molar-refractivity contribution in [2.24, 2.45) is 0 Å². The number of hydrogen-bond acceptors (Lipinski definition) is 5. The van der Waals surface area contributed by atoms with Crippen LogP contribution in [-0.4, -0.2) is 8.07 Å². The average Bonchev–Trinajstić information content (AvgIpc) is 3.34. The standard InChI is InChI=1S/C55H37N3O2Si/c56-38-39-32-34-40(35-33-39)44-36-49(57-45-24-10-14-28-51(45)59-52-29-15-11-25-46(52)57)50(58-47-26-12-16-30-53(47)60-54-31-17-13-27-48(54)58)37-55(44)61(41-18-4-1-5-19-41,42-20-6-2-7-21-42)43-22-8-3-9-23-43/h1-37H. The Bertz CT molecular complexity index is 2920. The van der Waals surface area contributed by atoms with Crippen molar-refractivity contribution >= 4 is 62.9 Å². The number of hydrogen-bond donors (Lipinski definition) is 0. The minimum Gasteiger partial charge on any atom is -0.453 e. The van der Waals surface area contributed by atoms with Gasteiger partial charge in [-0.2, -0.15) is 5.26 Å². The maximum absolute atomic E-state index is 9.99. The van der Waals surface area contributed by atoms with Crippen LogP contribution < -0.4 is 40.0 Å². The van der Waals surface area contributed by atoms with E-state index >= 15 is 0 Å². The first-order valence-electron chi connectivity index (χ1n) is 20.4. The topological polar surface area (TPSA) is 48.7 Å². The molecule has 61 heavy (non-hydrogen) atoms. The number of nitrogens with zero attached hydrogens (tertiary/aromatic N) is 3. The van der Waals surface area contributed by atoms with Crippen LogP contribution in [0.15, 0.2) is 224 Å². The van der Waals surface area contributed by atoms with Crippen molar-refractivity contribution in [3.8, 4) is 40.2 Å². The largest absolute Gasteiger partial charge is 0.453 e. The number of para-hydroxylation sites is 8. The van der Waals surface area contributed by atoms with E-state index in [1.807, 2.05) is 60.7 Å². The van der Waals surface area contributed by atoms with Crippen molar-refractivity contribution in [3.63, 3.8) is 0 Å². The highest BCUT2D eigenvalue weighted by Gasteiger charge is 2.45. The molecule has 0 spiro atoms. The molecular formula is C55H37N3O2Si. The molecule has 0 fully saturated rings. The zero-order valence-corrected chi connectivity index (χ0v) is 34.0. The smallest absolute Gasteiger partial charge is 0.180 e. The van der Waals surface area contributed by atoms with Gasteiger partial charge in [0.1, 0.15) is 0 Å². The lowest BCUT2D eigenvalue weighted by Crippen LogP contribution is -2.75. The monoisotopic (exact) mass is 799 g/mol. The van der Waals surface area contributed by atoms with E-state index in [9.17, 15) is 5.26 Å². The summed E-state index contributed by atoms with van der Waals surface area (Å²) in [4.78, 5) is 4.72. The van der Waals surface area contributed by atoms with E-state index in [4.69, 9.17) is 9.47 Å². The third-order valence-corrected chi connectivity index (χ3v) is 16.6. The Kier molecular flexibility index (Phi) is 8.81. The van der Waals surface area contributed by atoms with Crippen molar-refractivity contribution in [1.29, 1.82) is 5.26 Å². The summed E-state index contributed by atoms with van der Waals surface area (Å²) in [5.74, 6) is 3.07. The van der Waals surface area contributed by atoms with Gasteiger partial charge in [0.25, 0.3) is 0 Å². The Hall–Kier alpha value is -8.11. The summed E-state index contributed by atoms with van der Waals surface area (Å²) >= 11 is 0. The molecule has 0 radical (unpaired) electrons. The first-order valence-corrected chi connectivity index (χ1v) is 22.4. The minimum atomic E-state index is -3.21. The molecule has 0 saturated carbocycles. The van der Waals surface area contributed by atoms with E-state index in [2.05, 4.69) is 180 Å². The lowest BCUT2D eigenvalue weighted by molar-refractivity contribution is 0.476. The number of nitriles is 1. The summed E-state index contributed by atoms with van der Waals surface area (Å²) in [6, 6.07) is 81.4. The number of benzene rings is 9. The summed E-state index contributed by atoms with van der Waals surface area (Å²) in [7, 11) is -3.21. The third kappa shape index (κ3) is 5.90. The number of fused-ring (bicyclic) bond motifs is 4. The first-order chi connectivity index (χ1) is 30.2. The summed E-state index contributed by atoms with van der Waals surface area (Å²) in [5, 5.41) is 15.0. The molecule has 5 nitrogen and oxygen atoms in total. The van der Waals surface area contributed by atoms with Gasteiger partial charge in [-0.1, -0.05) is 152 Å². The van der Waals surface area contributed by atoms with Gasteiger partial charge in [0.05, 0.1) is 45.8 Å². The third-order valence-electron chi connectivity index (χ3n) is 11.8. The molecule has 288 valence electrons. The highest BCUT2D eigenvalue weighted by Crippen LogP contribution is 2.57. The molecule has 11 rings (SSSR count). The molecule has 0 atom stereocenters. The fourth-order valence-corrected chi connectivity index (χ4v) is 14.2. The second-order valence-corrected chi connectivity index (χ2v) is 18.9. The Balaban J connectivity index is 1.35. The van der Waals surface area contributed by atoms with Crippen molar-refractivity contribution in [2.45, 2.75) is 0 Å². The van der Waals surface area contributed by atoms with E-state index < -0.39 is 8.07 Å². The molecule has 9 aromatic carbocycles. The van der Waals surface area contributed by atoms with Gasteiger partial charge in [-0.15, -0.1) is 0 Å². The molecular weight excluding hydrogens is 763 g/mol. The van der Waals surface area contributed by atoms with Gasteiger partial charge in [-0.05, 0) is 105 Å². The van der Waals surface area contributed by atoms with E-state index in [1.54, 1.807) is 0 Å². The molecule has 0 N–H and O–H groups in total. The van der Waals surface area contributed by atoms with Crippen LogP contribution in [0.5, 0.6) is 23.0 Å². The molecule has 0 unspecified atom stereocenters. The van der Waals surface area contributed by atoms with Crippen LogP contribution in [0.1, 0.15) is 5.56 Å². The summed E-state index contributed by atoms with van der Waals surface area (Å²) < 4.78 is 13.3. The summed E-state index contributed by atoms with van der Waals surface area (Å²) in [5.41, 5.74) is 8.33. The number of rotatable bonds is 7. The lowest BCUT2D eigenvalue weighted by Gasteiger charge is -2.41. The van der Waals surface area contributed by atoms with Crippen LogP contribution >= 0.6 is 0 Å². The van der Waals surface area contributed by atoms with Gasteiger partial charge in [0.15, 0.2) is 31.1 Å². The zero-order chi connectivity index (χ0) is 40.8. The van der Waals surface area contributed by atoms with Crippen molar-refractivity contribution < 1.29 is 9.47 Å². The van der Waals surface area contributed by atoms with Gasteiger partial charge in [0, 0.05) is 0 Å². The molecule has 0 amide bonds. The molecule has 2 aliphatic rings. The van der Waals surface area contributed by atoms with Gasteiger partial charge in [-0.3, -0.25) is 0 Å². The zero-order valence-electron chi connectivity index (χ0n) is 33.0. The second-order valence-electron chi connectivity index (χ2n) is 15.2. The SMILES string of the molecule is N#Cc1ccc(-c2cc(N3c4ccccc4Oc4ccccc43)c(N3c4ccccc4Oc4ccccc43)cc2[Si](c2ccccc2)(c2ccccc2)c2ccccc2)cc1. The van der Waals surface area contributed by atoms with Crippen LogP contribution in [0.3, 0.4) is 0 Å². The molecule has 0 aromatic heterocycles. The summed E-state index contributed by atoms with van der Waals surface area (Å²) in [6.07, 6.45) is 0. The van der Waals surface area contributed by atoms with Crippen LogP contribution in [-0.2, 0) is 0 Å². The fraction of sp³-hybridized carbons (Fsp3) is 0. The molecule has 2 aliphatic heterocycles. The molecule has 9 aromatic rings. The predicted octanol–water partition coefficient (Wildman–Crippen LogP) is 11.8. The van der Waals surface area contributed by atoms with E-state index in [0.717, 1.165) is 68.2 Å². The maximum atomic E-state index is 9.99. The fourth-order valence-electron chi connectivity index (χ4n) is 9.17. The quantitative estimate of drug-likeness (QED) is 0.119. The van der Waals surface area contributed by atoms with Crippen molar-refractivity contribution in [3.05, 3.63) is 230 Å². The lowest BCUT2D eigenvalue weighted by atomic mass is 9.99. The first kappa shape index (κ1) is 36.0.